The molecule has 1 aliphatic rings. The average molecular weight is 483 g/mol. The third kappa shape index (κ3) is 7.18. The monoisotopic (exact) mass is 482 g/mol. The van der Waals surface area contributed by atoms with Gasteiger partial charge in [-0.1, -0.05) is 24.3 Å². The second-order valence-corrected chi connectivity index (χ2v) is 10.3. The van der Waals surface area contributed by atoms with Crippen molar-refractivity contribution in [2.24, 2.45) is 17.6 Å². The highest BCUT2D eigenvalue weighted by atomic mass is 16.5. The predicted octanol–water partition coefficient (Wildman–Crippen LogP) is 4.53. The molecule has 2 aromatic rings. The molecule has 190 valence electrons. The number of nitrogens with one attached hydrogen (secondary N) is 1. The van der Waals surface area contributed by atoms with Gasteiger partial charge in [-0.2, -0.15) is 0 Å². The van der Waals surface area contributed by atoms with Gasteiger partial charge in [0.1, 0.15) is 0 Å². The molecule has 1 heterocycles. The van der Waals surface area contributed by atoms with Crippen LogP contribution in [0.4, 0.5) is 4.79 Å². The number of amides is 2. The minimum Gasteiger partial charge on any atom is -0.481 e. The Morgan fingerprint density at radius 2 is 1.74 bits per heavy atom. The molecule has 1 fully saturated rings. The largest absolute Gasteiger partial charge is 0.481 e. The van der Waals surface area contributed by atoms with Crippen molar-refractivity contribution in [3.8, 4) is 17.1 Å². The van der Waals surface area contributed by atoms with Crippen molar-refractivity contribution >= 4 is 12.0 Å². The molecule has 8 heteroatoms. The molecule has 35 heavy (non-hydrogen) atoms. The molecule has 0 spiro atoms. The zero-order valence-corrected chi connectivity index (χ0v) is 21.2. The maximum atomic E-state index is 13.0. The number of benzene rings is 1. The lowest BCUT2D eigenvalue weighted by Gasteiger charge is -2.38. The van der Waals surface area contributed by atoms with Crippen molar-refractivity contribution in [3.05, 3.63) is 47.5 Å². The van der Waals surface area contributed by atoms with E-state index in [9.17, 15) is 14.7 Å². The number of ether oxygens (including phenoxy) is 1. The van der Waals surface area contributed by atoms with Crippen LogP contribution < -0.4 is 15.8 Å². The Morgan fingerprint density at radius 3 is 2.29 bits per heavy atom. The van der Waals surface area contributed by atoms with Crippen LogP contribution in [-0.4, -0.2) is 52.7 Å². The lowest BCUT2D eigenvalue weighted by atomic mass is 9.81. The molecule has 0 atom stereocenters. The van der Waals surface area contributed by atoms with Crippen molar-refractivity contribution in [1.82, 2.24) is 15.2 Å². The molecule has 1 aromatic carbocycles. The summed E-state index contributed by atoms with van der Waals surface area (Å²) in [6, 6.07) is 11.2. The summed E-state index contributed by atoms with van der Waals surface area (Å²) in [6.07, 6.45) is 3.01. The SMILES string of the molecule is COc1cc(C(=O)NC[C@H]2CC[C@H](CN(C(=O)O)C(C)(C)C)CC2)cc(-c2ccc(CN)cc2)n1. The van der Waals surface area contributed by atoms with Gasteiger partial charge in [0.2, 0.25) is 5.88 Å². The lowest BCUT2D eigenvalue weighted by Crippen LogP contribution is -2.47. The van der Waals surface area contributed by atoms with E-state index in [1.807, 2.05) is 45.0 Å². The van der Waals surface area contributed by atoms with Gasteiger partial charge in [-0.25, -0.2) is 9.78 Å². The van der Waals surface area contributed by atoms with Crippen LogP contribution in [0.1, 0.15) is 62.4 Å². The van der Waals surface area contributed by atoms with E-state index in [4.69, 9.17) is 10.5 Å². The van der Waals surface area contributed by atoms with E-state index in [0.717, 1.165) is 36.8 Å². The third-order valence-electron chi connectivity index (χ3n) is 6.76. The summed E-state index contributed by atoms with van der Waals surface area (Å²) in [7, 11) is 1.54. The summed E-state index contributed by atoms with van der Waals surface area (Å²) in [5.74, 6) is 0.973. The maximum Gasteiger partial charge on any atom is 0.407 e. The lowest BCUT2D eigenvalue weighted by molar-refractivity contribution is 0.0786. The van der Waals surface area contributed by atoms with Gasteiger partial charge >= 0.3 is 6.09 Å². The highest BCUT2D eigenvalue weighted by Crippen LogP contribution is 2.31. The first-order chi connectivity index (χ1) is 16.6. The Morgan fingerprint density at radius 1 is 1.11 bits per heavy atom. The van der Waals surface area contributed by atoms with Crippen molar-refractivity contribution < 1.29 is 19.4 Å². The van der Waals surface area contributed by atoms with Gasteiger partial charge in [0.25, 0.3) is 5.91 Å². The van der Waals surface area contributed by atoms with E-state index in [2.05, 4.69) is 10.3 Å². The van der Waals surface area contributed by atoms with Crippen molar-refractivity contribution in [1.29, 1.82) is 0 Å². The number of nitrogens with two attached hydrogens (primary N) is 1. The fourth-order valence-electron chi connectivity index (χ4n) is 4.55. The molecule has 0 bridgehead atoms. The van der Waals surface area contributed by atoms with Crippen molar-refractivity contribution in [3.63, 3.8) is 0 Å². The molecule has 0 unspecified atom stereocenters. The first kappa shape index (κ1) is 26.5. The van der Waals surface area contributed by atoms with Gasteiger partial charge in [-0.15, -0.1) is 0 Å². The Balaban J connectivity index is 1.57. The zero-order valence-electron chi connectivity index (χ0n) is 21.2. The van der Waals surface area contributed by atoms with E-state index < -0.39 is 11.6 Å². The number of pyridine rings is 1. The fourth-order valence-corrected chi connectivity index (χ4v) is 4.55. The second kappa shape index (κ2) is 11.5. The van der Waals surface area contributed by atoms with Crippen LogP contribution in [0.15, 0.2) is 36.4 Å². The maximum absolute atomic E-state index is 13.0. The van der Waals surface area contributed by atoms with E-state index in [1.54, 1.807) is 12.1 Å². The van der Waals surface area contributed by atoms with Gasteiger partial charge in [0, 0.05) is 42.4 Å². The Bertz CT molecular complexity index is 1010. The van der Waals surface area contributed by atoms with Crippen LogP contribution in [0.5, 0.6) is 5.88 Å². The molecule has 3 rings (SSSR count). The highest BCUT2D eigenvalue weighted by molar-refractivity contribution is 5.95. The summed E-state index contributed by atoms with van der Waals surface area (Å²) in [6.45, 7) is 7.41. The van der Waals surface area contributed by atoms with E-state index in [0.29, 0.717) is 48.6 Å². The Hall–Kier alpha value is -3.13. The third-order valence-corrected chi connectivity index (χ3v) is 6.76. The standard InChI is InChI=1S/C27H38N4O4/c1-27(2,3)31(26(33)34)17-20-7-5-19(6-8-20)16-29-25(32)22-13-23(30-24(14-22)35-4)21-11-9-18(15-28)10-12-21/h9-14,19-20H,5-8,15-17,28H2,1-4H3,(H,29,32)(H,33,34)/t19-,20-. The molecule has 8 nitrogen and oxygen atoms in total. The molecule has 2 amide bonds. The van der Waals surface area contributed by atoms with E-state index in [-0.39, 0.29) is 5.91 Å². The molecule has 1 aromatic heterocycles. The minimum atomic E-state index is -0.866. The summed E-state index contributed by atoms with van der Waals surface area (Å²) < 4.78 is 5.33. The summed E-state index contributed by atoms with van der Waals surface area (Å²) in [5, 5.41) is 12.6. The molecular weight excluding hydrogens is 444 g/mol. The number of methoxy groups -OCH3 is 1. The number of carboxylic acid groups (broad SMARTS) is 1. The van der Waals surface area contributed by atoms with E-state index in [1.165, 1.54) is 12.0 Å². The summed E-state index contributed by atoms with van der Waals surface area (Å²) in [4.78, 5) is 30.6. The molecule has 4 N–H and O–H groups in total. The van der Waals surface area contributed by atoms with Gasteiger partial charge in [-0.05, 0) is 69.9 Å². The number of hydrogen-bond acceptors (Lipinski definition) is 5. The number of aromatic nitrogens is 1. The van der Waals surface area contributed by atoms with Gasteiger partial charge in [-0.3, -0.25) is 4.79 Å². The number of carbonyl (C=O) groups is 2. The smallest absolute Gasteiger partial charge is 0.407 e. The molecule has 1 aliphatic carbocycles. The zero-order chi connectivity index (χ0) is 25.6. The Labute approximate surface area is 207 Å². The number of rotatable bonds is 8. The van der Waals surface area contributed by atoms with Gasteiger partial charge in [0.05, 0.1) is 12.8 Å². The van der Waals surface area contributed by atoms with Crippen molar-refractivity contribution in [2.45, 2.75) is 58.5 Å². The topological polar surface area (TPSA) is 118 Å². The Kier molecular flexibility index (Phi) is 8.72. The average Bonchev–Trinajstić information content (AvgIpc) is 2.85. The summed E-state index contributed by atoms with van der Waals surface area (Å²) >= 11 is 0. The second-order valence-electron chi connectivity index (χ2n) is 10.3. The quantitative estimate of drug-likeness (QED) is 0.509. The molecular formula is C27H38N4O4. The van der Waals surface area contributed by atoms with E-state index >= 15 is 0 Å². The van der Waals surface area contributed by atoms with Crippen LogP contribution in [0, 0.1) is 11.8 Å². The highest BCUT2D eigenvalue weighted by Gasteiger charge is 2.31. The number of nitrogens with zero attached hydrogens (tertiary/aromatic N) is 2. The van der Waals surface area contributed by atoms with Crippen LogP contribution in [0.3, 0.4) is 0 Å². The van der Waals surface area contributed by atoms with Crippen LogP contribution in [0.2, 0.25) is 0 Å². The predicted molar refractivity (Wildman–Crippen MR) is 136 cm³/mol. The molecule has 0 saturated heterocycles. The number of carbonyl (C=O) groups excluding carboxylic acids is 1. The van der Waals surface area contributed by atoms with Crippen LogP contribution >= 0.6 is 0 Å². The van der Waals surface area contributed by atoms with Gasteiger partial charge < -0.3 is 25.8 Å². The van der Waals surface area contributed by atoms with Crippen molar-refractivity contribution in [2.75, 3.05) is 20.2 Å². The molecule has 1 saturated carbocycles. The molecule has 0 aliphatic heterocycles. The molecule has 0 radical (unpaired) electrons. The minimum absolute atomic E-state index is 0.155. The van der Waals surface area contributed by atoms with Crippen LogP contribution in [0.25, 0.3) is 11.3 Å². The van der Waals surface area contributed by atoms with Gasteiger partial charge in [0.15, 0.2) is 0 Å². The number of hydrogen-bond donors (Lipinski definition) is 3. The normalized spacial score (nSPS) is 18.1. The first-order valence-corrected chi connectivity index (χ1v) is 12.2. The van der Waals surface area contributed by atoms with Crippen LogP contribution in [-0.2, 0) is 6.54 Å². The fraction of sp³-hybridized carbons (Fsp3) is 0.519. The summed E-state index contributed by atoms with van der Waals surface area (Å²) in [5.41, 5.74) is 8.36. The first-order valence-electron chi connectivity index (χ1n) is 12.2.